The molecule has 0 spiro atoms. The van der Waals surface area contributed by atoms with Crippen LogP contribution < -0.4 is 0 Å². The molecule has 0 aromatic heterocycles. The van der Waals surface area contributed by atoms with Gasteiger partial charge in [0.05, 0.1) is 12.6 Å². The molecule has 80 valence electrons. The van der Waals surface area contributed by atoms with Gasteiger partial charge in [0.25, 0.3) is 0 Å². The number of piperidine rings is 1. The number of carbonyl (C=O) groups excluding carboxylic acids is 1. The van der Waals surface area contributed by atoms with E-state index in [1.165, 1.54) is 0 Å². The van der Waals surface area contributed by atoms with Crippen LogP contribution >= 0.6 is 0 Å². The minimum Gasteiger partial charge on any atom is -0.444 e. The molecule has 0 unspecified atom stereocenters. The van der Waals surface area contributed by atoms with Gasteiger partial charge in [0.1, 0.15) is 11.7 Å². The van der Waals surface area contributed by atoms with Crippen LogP contribution in [0.2, 0.25) is 0 Å². The van der Waals surface area contributed by atoms with E-state index in [0.717, 1.165) is 13.0 Å². The van der Waals surface area contributed by atoms with Gasteiger partial charge in [-0.3, -0.25) is 0 Å². The van der Waals surface area contributed by atoms with Crippen molar-refractivity contribution in [3.8, 4) is 0 Å². The first kappa shape index (κ1) is 9.77. The Balaban J connectivity index is 1.85. The molecule has 2 atom stereocenters. The SMILES string of the molecule is CC(C)(C)OC(=O)N1CC[C@H]2O[C@@H]2C1. The topological polar surface area (TPSA) is 42.1 Å². The molecule has 1 amide bonds. The highest BCUT2D eigenvalue weighted by atomic mass is 16.6. The van der Waals surface area contributed by atoms with E-state index in [9.17, 15) is 4.79 Å². The molecular weight excluding hydrogens is 182 g/mol. The third-order valence-electron chi connectivity index (χ3n) is 2.42. The number of carbonyl (C=O) groups is 1. The van der Waals surface area contributed by atoms with Crippen LogP contribution in [-0.4, -0.2) is 41.9 Å². The number of epoxide rings is 1. The van der Waals surface area contributed by atoms with Crippen molar-refractivity contribution in [3.05, 3.63) is 0 Å². The van der Waals surface area contributed by atoms with Gasteiger partial charge < -0.3 is 14.4 Å². The van der Waals surface area contributed by atoms with E-state index in [1.54, 1.807) is 4.90 Å². The Morgan fingerprint density at radius 1 is 1.43 bits per heavy atom. The summed E-state index contributed by atoms with van der Waals surface area (Å²) in [6, 6.07) is 0. The summed E-state index contributed by atoms with van der Waals surface area (Å²) < 4.78 is 10.6. The third-order valence-corrected chi connectivity index (χ3v) is 2.42. The molecule has 0 aromatic rings. The summed E-state index contributed by atoms with van der Waals surface area (Å²) in [7, 11) is 0. The zero-order chi connectivity index (χ0) is 10.3. The van der Waals surface area contributed by atoms with Gasteiger partial charge in [0.2, 0.25) is 0 Å². The maximum atomic E-state index is 11.6. The van der Waals surface area contributed by atoms with Crippen molar-refractivity contribution in [1.29, 1.82) is 0 Å². The predicted octanol–water partition coefficient (Wildman–Crippen LogP) is 1.39. The maximum absolute atomic E-state index is 11.6. The average Bonchev–Trinajstić information content (AvgIpc) is 2.77. The Kier molecular flexibility index (Phi) is 2.18. The molecule has 0 radical (unpaired) electrons. The van der Waals surface area contributed by atoms with Crippen molar-refractivity contribution >= 4 is 6.09 Å². The molecule has 0 N–H and O–H groups in total. The number of hydrogen-bond acceptors (Lipinski definition) is 3. The number of rotatable bonds is 0. The summed E-state index contributed by atoms with van der Waals surface area (Å²) in [4.78, 5) is 13.4. The van der Waals surface area contributed by atoms with Crippen molar-refractivity contribution in [3.63, 3.8) is 0 Å². The van der Waals surface area contributed by atoms with Gasteiger partial charge in [-0.2, -0.15) is 0 Å². The molecule has 0 aliphatic carbocycles. The zero-order valence-corrected chi connectivity index (χ0v) is 8.95. The average molecular weight is 199 g/mol. The van der Waals surface area contributed by atoms with Crippen LogP contribution in [0.3, 0.4) is 0 Å². The van der Waals surface area contributed by atoms with Crippen molar-refractivity contribution in [2.45, 2.75) is 45.0 Å². The number of likely N-dealkylation sites (tertiary alicyclic amines) is 1. The molecule has 0 saturated carbocycles. The second kappa shape index (κ2) is 3.12. The Labute approximate surface area is 84.2 Å². The van der Waals surface area contributed by atoms with Crippen LogP contribution in [0.5, 0.6) is 0 Å². The van der Waals surface area contributed by atoms with Gasteiger partial charge >= 0.3 is 6.09 Å². The third kappa shape index (κ3) is 2.18. The highest BCUT2D eigenvalue weighted by Gasteiger charge is 2.45. The molecule has 2 aliphatic heterocycles. The molecule has 4 nitrogen and oxygen atoms in total. The lowest BCUT2D eigenvalue weighted by atomic mass is 10.1. The van der Waals surface area contributed by atoms with Crippen molar-refractivity contribution in [2.75, 3.05) is 13.1 Å². The Morgan fingerprint density at radius 3 is 2.71 bits per heavy atom. The zero-order valence-electron chi connectivity index (χ0n) is 8.95. The molecule has 2 aliphatic rings. The van der Waals surface area contributed by atoms with E-state index in [-0.39, 0.29) is 12.2 Å². The highest BCUT2D eigenvalue weighted by molar-refractivity contribution is 5.68. The van der Waals surface area contributed by atoms with Crippen molar-refractivity contribution < 1.29 is 14.3 Å². The lowest BCUT2D eigenvalue weighted by molar-refractivity contribution is 0.0229. The fourth-order valence-corrected chi connectivity index (χ4v) is 1.68. The summed E-state index contributed by atoms with van der Waals surface area (Å²) in [5.74, 6) is 0. The van der Waals surface area contributed by atoms with Gasteiger partial charge in [0.15, 0.2) is 0 Å². The summed E-state index contributed by atoms with van der Waals surface area (Å²) in [5, 5.41) is 0. The molecular formula is C10H17NO3. The second-order valence-electron chi connectivity index (χ2n) is 4.93. The van der Waals surface area contributed by atoms with E-state index in [2.05, 4.69) is 0 Å². The molecule has 0 aromatic carbocycles. The summed E-state index contributed by atoms with van der Waals surface area (Å²) in [6.45, 7) is 7.09. The van der Waals surface area contributed by atoms with Crippen LogP contribution in [0.15, 0.2) is 0 Å². The predicted molar refractivity (Wildman–Crippen MR) is 51.1 cm³/mol. The van der Waals surface area contributed by atoms with Crippen LogP contribution in [-0.2, 0) is 9.47 Å². The number of nitrogens with zero attached hydrogens (tertiary/aromatic N) is 1. The lowest BCUT2D eigenvalue weighted by Gasteiger charge is -2.28. The standard InChI is InChI=1S/C10H17NO3/c1-10(2,3)14-9(12)11-5-4-7-8(6-11)13-7/h7-8H,4-6H2,1-3H3/t7-,8-/m1/s1. The van der Waals surface area contributed by atoms with E-state index >= 15 is 0 Å². The summed E-state index contributed by atoms with van der Waals surface area (Å²) >= 11 is 0. The summed E-state index contributed by atoms with van der Waals surface area (Å²) in [6.07, 6.45) is 1.42. The van der Waals surface area contributed by atoms with Crippen molar-refractivity contribution in [1.82, 2.24) is 4.90 Å². The van der Waals surface area contributed by atoms with E-state index in [1.807, 2.05) is 20.8 Å². The quantitative estimate of drug-likeness (QED) is 0.554. The molecule has 4 heteroatoms. The Morgan fingerprint density at radius 2 is 2.14 bits per heavy atom. The molecule has 0 bridgehead atoms. The van der Waals surface area contributed by atoms with Crippen LogP contribution in [0.4, 0.5) is 4.79 Å². The molecule has 14 heavy (non-hydrogen) atoms. The number of ether oxygens (including phenoxy) is 2. The number of amides is 1. The van der Waals surface area contributed by atoms with Gasteiger partial charge in [-0.15, -0.1) is 0 Å². The minimum absolute atomic E-state index is 0.216. The number of hydrogen-bond donors (Lipinski definition) is 0. The normalized spacial score (nSPS) is 30.9. The minimum atomic E-state index is -0.404. The largest absolute Gasteiger partial charge is 0.444 e. The first-order valence-corrected chi connectivity index (χ1v) is 5.09. The van der Waals surface area contributed by atoms with E-state index < -0.39 is 5.60 Å². The molecule has 2 fully saturated rings. The smallest absolute Gasteiger partial charge is 0.410 e. The van der Waals surface area contributed by atoms with E-state index in [0.29, 0.717) is 12.6 Å². The van der Waals surface area contributed by atoms with Gasteiger partial charge in [-0.25, -0.2) is 4.79 Å². The molecule has 2 rings (SSSR count). The molecule has 2 saturated heterocycles. The van der Waals surface area contributed by atoms with Crippen LogP contribution in [0.1, 0.15) is 27.2 Å². The van der Waals surface area contributed by atoms with Crippen LogP contribution in [0, 0.1) is 0 Å². The van der Waals surface area contributed by atoms with Gasteiger partial charge in [-0.05, 0) is 27.2 Å². The fourth-order valence-electron chi connectivity index (χ4n) is 1.68. The first-order valence-electron chi connectivity index (χ1n) is 5.09. The van der Waals surface area contributed by atoms with E-state index in [4.69, 9.17) is 9.47 Å². The van der Waals surface area contributed by atoms with Crippen LogP contribution in [0.25, 0.3) is 0 Å². The first-order chi connectivity index (χ1) is 6.46. The Hall–Kier alpha value is -0.770. The Bertz CT molecular complexity index is 246. The fraction of sp³-hybridized carbons (Fsp3) is 0.900. The highest BCUT2D eigenvalue weighted by Crippen LogP contribution is 2.31. The van der Waals surface area contributed by atoms with Gasteiger partial charge in [0, 0.05) is 6.54 Å². The molecule has 2 heterocycles. The second-order valence-corrected chi connectivity index (χ2v) is 4.93. The summed E-state index contributed by atoms with van der Waals surface area (Å²) in [5.41, 5.74) is -0.404. The lowest BCUT2D eigenvalue weighted by Crippen LogP contribution is -2.42. The van der Waals surface area contributed by atoms with Crippen molar-refractivity contribution in [2.24, 2.45) is 0 Å². The van der Waals surface area contributed by atoms with Gasteiger partial charge in [-0.1, -0.05) is 0 Å². The number of fused-ring (bicyclic) bond motifs is 1. The maximum Gasteiger partial charge on any atom is 0.410 e. The monoisotopic (exact) mass is 199 g/mol.